The molecule has 0 bridgehead atoms. The highest BCUT2D eigenvalue weighted by atomic mass is 32.2. The van der Waals surface area contributed by atoms with Gasteiger partial charge in [0.2, 0.25) is 0 Å². The van der Waals surface area contributed by atoms with Gasteiger partial charge in [0.05, 0.1) is 6.20 Å². The minimum atomic E-state index is -3.83. The molecule has 1 heterocycles. The first-order chi connectivity index (χ1) is 10.8. The van der Waals surface area contributed by atoms with Crippen molar-refractivity contribution < 1.29 is 17.6 Å². The van der Waals surface area contributed by atoms with Crippen LogP contribution in [0.4, 0.5) is 4.39 Å². The van der Waals surface area contributed by atoms with Crippen molar-refractivity contribution in [2.45, 2.75) is 24.1 Å². The Bertz CT molecular complexity index is 803. The SMILES string of the molecule is CCN(C(C)c1ccc(F)cc1)S(=O)(=O)c1cnc(C(N)=O)s1. The van der Waals surface area contributed by atoms with E-state index in [1.807, 2.05) is 0 Å². The van der Waals surface area contributed by atoms with Gasteiger partial charge in [-0.15, -0.1) is 0 Å². The molecule has 2 rings (SSSR count). The average molecular weight is 357 g/mol. The molecule has 0 radical (unpaired) electrons. The number of hydrogen-bond donors (Lipinski definition) is 1. The van der Waals surface area contributed by atoms with E-state index in [4.69, 9.17) is 5.73 Å². The summed E-state index contributed by atoms with van der Waals surface area (Å²) in [6.45, 7) is 3.63. The second kappa shape index (κ2) is 6.73. The fraction of sp³-hybridized carbons (Fsp3) is 0.286. The van der Waals surface area contributed by atoms with E-state index < -0.39 is 22.0 Å². The van der Waals surface area contributed by atoms with Gasteiger partial charge in [-0.05, 0) is 24.6 Å². The zero-order valence-electron chi connectivity index (χ0n) is 12.6. The number of nitrogens with two attached hydrogens (primary N) is 1. The van der Waals surface area contributed by atoms with Gasteiger partial charge >= 0.3 is 0 Å². The Labute approximate surface area is 137 Å². The number of sulfonamides is 1. The largest absolute Gasteiger partial charge is 0.364 e. The van der Waals surface area contributed by atoms with E-state index in [0.29, 0.717) is 5.56 Å². The fourth-order valence-corrected chi connectivity index (χ4v) is 4.91. The van der Waals surface area contributed by atoms with Crippen LogP contribution < -0.4 is 5.73 Å². The zero-order chi connectivity index (χ0) is 17.2. The summed E-state index contributed by atoms with van der Waals surface area (Å²) >= 11 is 0.731. The lowest BCUT2D eigenvalue weighted by Crippen LogP contribution is -2.33. The van der Waals surface area contributed by atoms with Crippen molar-refractivity contribution in [3.8, 4) is 0 Å². The number of amides is 1. The quantitative estimate of drug-likeness (QED) is 0.857. The first-order valence-electron chi connectivity index (χ1n) is 6.80. The predicted molar refractivity (Wildman–Crippen MR) is 85.0 cm³/mol. The second-order valence-corrected chi connectivity index (χ2v) is 7.93. The fourth-order valence-electron chi connectivity index (χ4n) is 2.17. The van der Waals surface area contributed by atoms with Crippen LogP contribution in [0.15, 0.2) is 34.7 Å². The summed E-state index contributed by atoms with van der Waals surface area (Å²) in [5.74, 6) is -1.16. The highest BCUT2D eigenvalue weighted by molar-refractivity contribution is 7.91. The number of carbonyl (C=O) groups excluding carboxylic acids is 1. The van der Waals surface area contributed by atoms with Crippen molar-refractivity contribution in [3.63, 3.8) is 0 Å². The summed E-state index contributed by atoms with van der Waals surface area (Å²) in [6, 6.07) is 5.15. The molecule has 1 aromatic carbocycles. The van der Waals surface area contributed by atoms with E-state index in [1.165, 1.54) is 16.4 Å². The lowest BCUT2D eigenvalue weighted by atomic mass is 10.1. The minimum absolute atomic E-state index is 0.0536. The number of nitrogens with zero attached hydrogens (tertiary/aromatic N) is 2. The smallest absolute Gasteiger partial charge is 0.277 e. The van der Waals surface area contributed by atoms with E-state index in [1.54, 1.807) is 26.0 Å². The molecule has 1 aromatic heterocycles. The van der Waals surface area contributed by atoms with Gasteiger partial charge in [-0.1, -0.05) is 30.4 Å². The number of rotatable bonds is 6. The standard InChI is InChI=1S/C14H16FN3O3S2/c1-3-18(9(2)10-4-6-11(15)7-5-10)23(20,21)12-8-17-14(22-12)13(16)19/h4-9H,3H2,1-2H3,(H2,16,19). The Kier molecular flexibility index (Phi) is 5.12. The van der Waals surface area contributed by atoms with Crippen LogP contribution in [-0.2, 0) is 10.0 Å². The van der Waals surface area contributed by atoms with Gasteiger partial charge in [-0.25, -0.2) is 17.8 Å². The van der Waals surface area contributed by atoms with Gasteiger partial charge in [0.1, 0.15) is 5.82 Å². The van der Waals surface area contributed by atoms with Gasteiger partial charge in [0.25, 0.3) is 15.9 Å². The summed E-state index contributed by atoms with van der Waals surface area (Å²) in [5, 5.41) is -0.0611. The monoisotopic (exact) mass is 357 g/mol. The number of benzene rings is 1. The van der Waals surface area contributed by atoms with Gasteiger partial charge < -0.3 is 5.73 Å². The van der Waals surface area contributed by atoms with Crippen LogP contribution in [0.5, 0.6) is 0 Å². The third-order valence-electron chi connectivity index (χ3n) is 3.35. The molecule has 124 valence electrons. The number of aromatic nitrogens is 1. The molecule has 1 amide bonds. The van der Waals surface area contributed by atoms with Crippen LogP contribution in [0.1, 0.15) is 35.3 Å². The molecule has 0 aliphatic rings. The van der Waals surface area contributed by atoms with Crippen molar-refractivity contribution in [1.82, 2.24) is 9.29 Å². The normalized spacial score (nSPS) is 13.2. The van der Waals surface area contributed by atoms with Crippen LogP contribution in [0.25, 0.3) is 0 Å². The Morgan fingerprint density at radius 2 is 2.00 bits per heavy atom. The Morgan fingerprint density at radius 1 is 1.39 bits per heavy atom. The lowest BCUT2D eigenvalue weighted by Gasteiger charge is -2.26. The summed E-state index contributed by atoms with van der Waals surface area (Å²) < 4.78 is 39.7. The lowest BCUT2D eigenvalue weighted by molar-refractivity contribution is 0.1000. The third kappa shape index (κ3) is 3.57. The van der Waals surface area contributed by atoms with Crippen molar-refractivity contribution in [3.05, 3.63) is 46.9 Å². The number of carbonyl (C=O) groups is 1. The van der Waals surface area contributed by atoms with Gasteiger partial charge in [0, 0.05) is 12.6 Å². The molecule has 6 nitrogen and oxygen atoms in total. The highest BCUT2D eigenvalue weighted by Gasteiger charge is 2.31. The molecule has 2 N–H and O–H groups in total. The Balaban J connectivity index is 2.37. The third-order valence-corrected chi connectivity index (χ3v) is 6.85. The molecule has 0 fully saturated rings. The molecule has 23 heavy (non-hydrogen) atoms. The molecule has 0 saturated heterocycles. The second-order valence-electron chi connectivity index (χ2n) is 4.78. The first-order valence-corrected chi connectivity index (χ1v) is 9.06. The Morgan fingerprint density at radius 3 is 2.48 bits per heavy atom. The topological polar surface area (TPSA) is 93.4 Å². The van der Waals surface area contributed by atoms with E-state index in [0.717, 1.165) is 17.5 Å². The minimum Gasteiger partial charge on any atom is -0.364 e. The maximum Gasteiger partial charge on any atom is 0.277 e. The van der Waals surface area contributed by atoms with Crippen LogP contribution in [0, 0.1) is 5.82 Å². The van der Waals surface area contributed by atoms with Crippen LogP contribution >= 0.6 is 11.3 Å². The number of halogens is 1. The van der Waals surface area contributed by atoms with E-state index in [9.17, 15) is 17.6 Å². The molecule has 0 aliphatic carbocycles. The van der Waals surface area contributed by atoms with Crippen molar-refractivity contribution in [1.29, 1.82) is 0 Å². The number of primary amides is 1. The van der Waals surface area contributed by atoms with Gasteiger partial charge in [-0.2, -0.15) is 4.31 Å². The maximum atomic E-state index is 13.0. The van der Waals surface area contributed by atoms with Gasteiger partial charge in [0.15, 0.2) is 9.22 Å². The molecular formula is C14H16FN3O3S2. The summed E-state index contributed by atoms with van der Waals surface area (Å²) in [5.41, 5.74) is 5.77. The molecule has 1 atom stereocenters. The van der Waals surface area contributed by atoms with Gasteiger partial charge in [-0.3, -0.25) is 4.79 Å². The van der Waals surface area contributed by atoms with Crippen molar-refractivity contribution in [2.24, 2.45) is 5.73 Å². The molecule has 1 unspecified atom stereocenters. The van der Waals surface area contributed by atoms with E-state index >= 15 is 0 Å². The maximum absolute atomic E-state index is 13.0. The summed E-state index contributed by atoms with van der Waals surface area (Å²) in [7, 11) is -3.83. The van der Waals surface area contributed by atoms with Crippen molar-refractivity contribution in [2.75, 3.05) is 6.54 Å². The van der Waals surface area contributed by atoms with E-state index in [2.05, 4.69) is 4.98 Å². The predicted octanol–water partition coefficient (Wildman–Crippen LogP) is 2.15. The van der Waals surface area contributed by atoms with Crippen LogP contribution in [0.3, 0.4) is 0 Å². The number of hydrogen-bond acceptors (Lipinski definition) is 5. The molecule has 2 aromatic rings. The van der Waals surface area contributed by atoms with E-state index in [-0.39, 0.29) is 21.6 Å². The molecule has 9 heteroatoms. The summed E-state index contributed by atoms with van der Waals surface area (Å²) in [4.78, 5) is 14.8. The highest BCUT2D eigenvalue weighted by Crippen LogP contribution is 2.29. The Hall–Kier alpha value is -1.84. The van der Waals surface area contributed by atoms with Crippen LogP contribution in [0.2, 0.25) is 0 Å². The average Bonchev–Trinajstić information content (AvgIpc) is 2.99. The first kappa shape index (κ1) is 17.5. The molecule has 0 aliphatic heterocycles. The molecule has 0 saturated carbocycles. The molecule has 0 spiro atoms. The van der Waals surface area contributed by atoms with Crippen molar-refractivity contribution >= 4 is 27.3 Å². The zero-order valence-corrected chi connectivity index (χ0v) is 14.2. The van der Waals surface area contributed by atoms with Crippen LogP contribution in [-0.4, -0.2) is 30.2 Å². The molecular weight excluding hydrogens is 341 g/mol. The summed E-state index contributed by atoms with van der Waals surface area (Å²) in [6.07, 6.45) is 1.13. The number of thiazole rings is 1.